The maximum absolute atomic E-state index is 11.6. The zero-order chi connectivity index (χ0) is 13.2. The van der Waals surface area contributed by atoms with Crippen molar-refractivity contribution >= 4 is 22.6 Å². The second-order valence-corrected chi connectivity index (χ2v) is 4.86. The van der Waals surface area contributed by atoms with Gasteiger partial charge in [-0.1, -0.05) is 42.5 Å². The third kappa shape index (κ3) is 2.84. The summed E-state index contributed by atoms with van der Waals surface area (Å²) in [6, 6.07) is 14.0. The highest BCUT2D eigenvalue weighted by molar-refractivity contribution is 5.99. The van der Waals surface area contributed by atoms with Gasteiger partial charge in [-0.05, 0) is 42.3 Å². The summed E-state index contributed by atoms with van der Waals surface area (Å²) >= 11 is 0. The van der Waals surface area contributed by atoms with Gasteiger partial charge in [0.05, 0.1) is 0 Å². The Hall–Kier alpha value is -1.93. The topological polar surface area (TPSA) is 37.3 Å². The molecule has 0 aliphatic heterocycles. The van der Waals surface area contributed by atoms with Crippen LogP contribution < -0.4 is 0 Å². The molecule has 0 radical (unpaired) electrons. The van der Waals surface area contributed by atoms with Crippen LogP contribution >= 0.6 is 0 Å². The van der Waals surface area contributed by atoms with Crippen LogP contribution in [0.2, 0.25) is 0 Å². The molecule has 0 saturated carbocycles. The summed E-state index contributed by atoms with van der Waals surface area (Å²) in [7, 11) is 0. The van der Waals surface area contributed by atoms with Gasteiger partial charge >= 0.3 is 0 Å². The second-order valence-electron chi connectivity index (χ2n) is 4.86. The largest absolute Gasteiger partial charge is 0.382 e. The number of benzene rings is 2. The first-order chi connectivity index (χ1) is 8.47. The number of hydrogen-bond acceptors (Lipinski definition) is 2. The second kappa shape index (κ2) is 4.75. The Morgan fingerprint density at radius 2 is 1.78 bits per heavy atom. The van der Waals surface area contributed by atoms with E-state index in [0.29, 0.717) is 0 Å². The van der Waals surface area contributed by atoms with Crippen LogP contribution in [-0.4, -0.2) is 16.5 Å². The fourth-order valence-electron chi connectivity index (χ4n) is 1.69. The Balaban J connectivity index is 2.27. The van der Waals surface area contributed by atoms with E-state index >= 15 is 0 Å². The van der Waals surface area contributed by atoms with Crippen LogP contribution in [0.3, 0.4) is 0 Å². The van der Waals surface area contributed by atoms with Gasteiger partial charge in [0.1, 0.15) is 5.60 Å². The number of carbonyl (C=O) groups is 1. The lowest BCUT2D eigenvalue weighted by Crippen LogP contribution is -2.29. The third-order valence-electron chi connectivity index (χ3n) is 2.80. The zero-order valence-corrected chi connectivity index (χ0v) is 10.6. The van der Waals surface area contributed by atoms with E-state index in [1.54, 1.807) is 6.08 Å². The van der Waals surface area contributed by atoms with Crippen molar-refractivity contribution in [3.05, 3.63) is 54.1 Å². The van der Waals surface area contributed by atoms with Crippen LogP contribution in [0.5, 0.6) is 0 Å². The van der Waals surface area contributed by atoms with Gasteiger partial charge in [0.15, 0.2) is 5.78 Å². The number of aliphatic hydroxyl groups is 1. The molecular formula is C16H16O2. The molecule has 0 heterocycles. The molecule has 18 heavy (non-hydrogen) atoms. The minimum Gasteiger partial charge on any atom is -0.382 e. The molecule has 1 N–H and O–H groups in total. The normalized spacial score (nSPS) is 12.2. The Morgan fingerprint density at radius 1 is 1.11 bits per heavy atom. The lowest BCUT2D eigenvalue weighted by atomic mass is 10.0. The molecule has 0 saturated heterocycles. The van der Waals surface area contributed by atoms with Crippen LogP contribution in [0.1, 0.15) is 19.4 Å². The molecule has 0 atom stereocenters. The molecule has 0 spiro atoms. The quantitative estimate of drug-likeness (QED) is 0.836. The predicted octanol–water partition coefficient (Wildman–Crippen LogP) is 3.19. The van der Waals surface area contributed by atoms with Crippen molar-refractivity contribution in [3.8, 4) is 0 Å². The summed E-state index contributed by atoms with van der Waals surface area (Å²) in [5.41, 5.74) is -0.362. The molecule has 2 aromatic rings. The summed E-state index contributed by atoms with van der Waals surface area (Å²) in [5, 5.41) is 11.8. The summed E-state index contributed by atoms with van der Waals surface area (Å²) < 4.78 is 0. The lowest BCUT2D eigenvalue weighted by Gasteiger charge is -2.11. The number of hydrogen-bond donors (Lipinski definition) is 1. The smallest absolute Gasteiger partial charge is 0.186 e. The maximum Gasteiger partial charge on any atom is 0.186 e. The van der Waals surface area contributed by atoms with E-state index in [9.17, 15) is 9.90 Å². The number of fused-ring (bicyclic) bond motifs is 1. The van der Waals surface area contributed by atoms with Crippen LogP contribution in [0.25, 0.3) is 16.8 Å². The molecule has 2 rings (SSSR count). The first-order valence-corrected chi connectivity index (χ1v) is 5.90. The van der Waals surface area contributed by atoms with Crippen molar-refractivity contribution in [1.82, 2.24) is 0 Å². The Kier molecular flexibility index (Phi) is 3.30. The van der Waals surface area contributed by atoms with Crippen molar-refractivity contribution in [1.29, 1.82) is 0 Å². The highest BCUT2D eigenvalue weighted by Crippen LogP contribution is 2.16. The van der Waals surface area contributed by atoms with Gasteiger partial charge in [0, 0.05) is 0 Å². The van der Waals surface area contributed by atoms with Gasteiger partial charge in [-0.2, -0.15) is 0 Å². The molecule has 0 aliphatic rings. The van der Waals surface area contributed by atoms with E-state index in [4.69, 9.17) is 0 Å². The molecule has 2 nitrogen and oxygen atoms in total. The Morgan fingerprint density at radius 3 is 2.44 bits per heavy atom. The number of rotatable bonds is 3. The first kappa shape index (κ1) is 12.5. The monoisotopic (exact) mass is 240 g/mol. The highest BCUT2D eigenvalue weighted by Gasteiger charge is 2.20. The molecule has 0 fully saturated rings. The first-order valence-electron chi connectivity index (χ1n) is 5.90. The Labute approximate surface area is 107 Å². The molecule has 0 aliphatic carbocycles. The Bertz CT molecular complexity index is 604. The van der Waals surface area contributed by atoms with Gasteiger partial charge in [-0.25, -0.2) is 0 Å². The maximum atomic E-state index is 11.6. The van der Waals surface area contributed by atoms with Crippen LogP contribution in [0.15, 0.2) is 48.5 Å². The van der Waals surface area contributed by atoms with Gasteiger partial charge in [-0.3, -0.25) is 4.79 Å². The van der Waals surface area contributed by atoms with Gasteiger partial charge in [0.25, 0.3) is 0 Å². The van der Waals surface area contributed by atoms with E-state index in [1.165, 1.54) is 25.3 Å². The van der Waals surface area contributed by atoms with E-state index in [0.717, 1.165) is 10.9 Å². The minimum absolute atomic E-state index is 0.296. The summed E-state index contributed by atoms with van der Waals surface area (Å²) in [4.78, 5) is 11.6. The molecular weight excluding hydrogens is 224 g/mol. The standard InChI is InChI=1S/C16H16O2/c1-16(2,18)15(17)10-8-12-7-9-13-5-3-4-6-14(13)11-12/h3-11,18H,1-2H3. The summed E-state index contributed by atoms with van der Waals surface area (Å²) in [6.45, 7) is 2.97. The molecule has 2 heteroatoms. The zero-order valence-electron chi connectivity index (χ0n) is 10.6. The SMILES string of the molecule is CC(C)(O)C(=O)C=Cc1ccc2ccccc2c1. The lowest BCUT2D eigenvalue weighted by molar-refractivity contribution is -0.128. The third-order valence-corrected chi connectivity index (χ3v) is 2.80. The predicted molar refractivity (Wildman–Crippen MR) is 74.3 cm³/mol. The molecule has 0 aromatic heterocycles. The van der Waals surface area contributed by atoms with Crippen LogP contribution in [-0.2, 0) is 4.79 Å². The van der Waals surface area contributed by atoms with Crippen LogP contribution in [0, 0.1) is 0 Å². The summed E-state index contributed by atoms with van der Waals surface area (Å²) in [5.74, 6) is -0.296. The summed E-state index contributed by atoms with van der Waals surface area (Å²) in [6.07, 6.45) is 3.15. The average Bonchev–Trinajstić information content (AvgIpc) is 2.34. The molecule has 92 valence electrons. The minimum atomic E-state index is -1.31. The van der Waals surface area contributed by atoms with Crippen molar-refractivity contribution in [2.24, 2.45) is 0 Å². The van der Waals surface area contributed by atoms with Crippen molar-refractivity contribution < 1.29 is 9.90 Å². The van der Waals surface area contributed by atoms with E-state index in [1.807, 2.05) is 42.5 Å². The van der Waals surface area contributed by atoms with Crippen molar-refractivity contribution in [3.63, 3.8) is 0 Å². The highest BCUT2D eigenvalue weighted by atomic mass is 16.3. The fraction of sp³-hybridized carbons (Fsp3) is 0.188. The average molecular weight is 240 g/mol. The van der Waals surface area contributed by atoms with Crippen LogP contribution in [0.4, 0.5) is 0 Å². The van der Waals surface area contributed by atoms with E-state index < -0.39 is 5.60 Å². The fourth-order valence-corrected chi connectivity index (χ4v) is 1.69. The van der Waals surface area contributed by atoms with E-state index in [2.05, 4.69) is 0 Å². The van der Waals surface area contributed by atoms with Gasteiger partial charge in [-0.15, -0.1) is 0 Å². The molecule has 0 bridgehead atoms. The molecule has 0 unspecified atom stereocenters. The van der Waals surface area contributed by atoms with Crippen molar-refractivity contribution in [2.75, 3.05) is 0 Å². The number of ketones is 1. The van der Waals surface area contributed by atoms with E-state index in [-0.39, 0.29) is 5.78 Å². The number of carbonyl (C=O) groups excluding carboxylic acids is 1. The molecule has 2 aromatic carbocycles. The van der Waals surface area contributed by atoms with Crippen molar-refractivity contribution in [2.45, 2.75) is 19.4 Å². The van der Waals surface area contributed by atoms with Gasteiger partial charge < -0.3 is 5.11 Å². The van der Waals surface area contributed by atoms with Gasteiger partial charge in [0.2, 0.25) is 0 Å². The molecule has 0 amide bonds.